The van der Waals surface area contributed by atoms with Crippen molar-refractivity contribution in [1.29, 1.82) is 0 Å². The molecule has 0 aliphatic rings. The van der Waals surface area contributed by atoms with E-state index in [1.807, 2.05) is 12.1 Å². The largest absolute Gasteiger partial charge is 0.481 e. The molecule has 6 heteroatoms. The summed E-state index contributed by atoms with van der Waals surface area (Å²) in [7, 11) is 4.93. The lowest BCUT2D eigenvalue weighted by atomic mass is 10.1. The molecule has 132 valence electrons. The first-order valence-electron chi connectivity index (χ1n) is 8.34. The van der Waals surface area contributed by atoms with E-state index < -0.39 is 0 Å². The molecule has 0 aliphatic carbocycles. The Hall–Kier alpha value is -2.08. The number of hydrogen-bond acceptors (Lipinski definition) is 5. The van der Waals surface area contributed by atoms with Gasteiger partial charge in [0, 0.05) is 38.4 Å². The maximum Gasteiger partial charge on any atom is 0.226 e. The van der Waals surface area contributed by atoms with Crippen LogP contribution in [0.25, 0.3) is 11.3 Å². The number of pyridine rings is 1. The highest BCUT2D eigenvalue weighted by Gasteiger charge is 2.18. The van der Waals surface area contributed by atoms with Crippen LogP contribution in [0.4, 0.5) is 0 Å². The molecule has 0 amide bonds. The predicted molar refractivity (Wildman–Crippen MR) is 93.8 cm³/mol. The quantitative estimate of drug-likeness (QED) is 0.703. The lowest BCUT2D eigenvalue weighted by Gasteiger charge is -2.18. The van der Waals surface area contributed by atoms with E-state index >= 15 is 0 Å². The number of aryl methyl sites for hydroxylation is 1. The van der Waals surface area contributed by atoms with Crippen LogP contribution >= 0.6 is 0 Å². The second kappa shape index (κ2) is 8.68. The standard InChI is InChI=1S/C18H27N3O3/c1-6-13(10-11-22-3)21-12-15(19-16(21)7-2)14-8-9-17(23-4)20-18(14)24-5/h8-9,12-13H,6-7,10-11H2,1-5H3. The smallest absolute Gasteiger partial charge is 0.226 e. The van der Waals surface area contributed by atoms with Gasteiger partial charge in [0.2, 0.25) is 11.8 Å². The van der Waals surface area contributed by atoms with E-state index in [2.05, 4.69) is 29.6 Å². The summed E-state index contributed by atoms with van der Waals surface area (Å²) >= 11 is 0. The molecule has 0 N–H and O–H groups in total. The summed E-state index contributed by atoms with van der Waals surface area (Å²) in [5.41, 5.74) is 1.74. The van der Waals surface area contributed by atoms with Crippen LogP contribution in [-0.4, -0.2) is 42.5 Å². The van der Waals surface area contributed by atoms with Gasteiger partial charge in [0.25, 0.3) is 0 Å². The SMILES string of the molecule is CCc1nc(-c2ccc(OC)nc2OC)cn1C(CC)CCOC. The second-order valence-corrected chi connectivity index (χ2v) is 5.56. The second-order valence-electron chi connectivity index (χ2n) is 5.56. The molecule has 0 spiro atoms. The highest BCUT2D eigenvalue weighted by Crippen LogP contribution is 2.31. The van der Waals surface area contributed by atoms with Crippen LogP contribution in [0, 0.1) is 0 Å². The highest BCUT2D eigenvalue weighted by atomic mass is 16.5. The van der Waals surface area contributed by atoms with E-state index in [9.17, 15) is 0 Å². The number of nitrogens with zero attached hydrogens (tertiary/aromatic N) is 3. The molecule has 6 nitrogen and oxygen atoms in total. The van der Waals surface area contributed by atoms with Gasteiger partial charge in [-0.15, -0.1) is 0 Å². The summed E-state index contributed by atoms with van der Waals surface area (Å²) in [5.74, 6) is 2.11. The maximum absolute atomic E-state index is 5.42. The molecular weight excluding hydrogens is 306 g/mol. The minimum Gasteiger partial charge on any atom is -0.481 e. The Morgan fingerprint density at radius 1 is 1.08 bits per heavy atom. The molecular formula is C18H27N3O3. The van der Waals surface area contributed by atoms with Crippen LogP contribution < -0.4 is 9.47 Å². The van der Waals surface area contributed by atoms with E-state index in [0.29, 0.717) is 17.8 Å². The Morgan fingerprint density at radius 2 is 1.88 bits per heavy atom. The van der Waals surface area contributed by atoms with Crippen LogP contribution in [0.5, 0.6) is 11.8 Å². The lowest BCUT2D eigenvalue weighted by Crippen LogP contribution is -2.12. The van der Waals surface area contributed by atoms with Crippen molar-refractivity contribution in [2.24, 2.45) is 0 Å². The van der Waals surface area contributed by atoms with Gasteiger partial charge in [-0.3, -0.25) is 0 Å². The number of ether oxygens (including phenoxy) is 3. The van der Waals surface area contributed by atoms with Gasteiger partial charge in [-0.2, -0.15) is 4.98 Å². The molecule has 0 aliphatic heterocycles. The molecule has 24 heavy (non-hydrogen) atoms. The average Bonchev–Trinajstić information content (AvgIpc) is 3.05. The zero-order chi connectivity index (χ0) is 17.5. The fourth-order valence-corrected chi connectivity index (χ4v) is 2.82. The Bertz CT molecular complexity index is 655. The Kier molecular flexibility index (Phi) is 6.61. The zero-order valence-electron chi connectivity index (χ0n) is 15.2. The Morgan fingerprint density at radius 3 is 2.46 bits per heavy atom. The molecule has 2 heterocycles. The lowest BCUT2D eigenvalue weighted by molar-refractivity contribution is 0.176. The molecule has 1 atom stereocenters. The van der Waals surface area contributed by atoms with Crippen LogP contribution in [0.2, 0.25) is 0 Å². The molecule has 2 aromatic heterocycles. The van der Waals surface area contributed by atoms with Gasteiger partial charge in [0.05, 0.1) is 25.5 Å². The maximum atomic E-state index is 5.42. The van der Waals surface area contributed by atoms with Crippen molar-refractivity contribution >= 4 is 0 Å². The first kappa shape index (κ1) is 18.3. The van der Waals surface area contributed by atoms with E-state index in [1.165, 1.54) is 0 Å². The first-order valence-corrected chi connectivity index (χ1v) is 8.34. The van der Waals surface area contributed by atoms with E-state index in [-0.39, 0.29) is 0 Å². The van der Waals surface area contributed by atoms with Gasteiger partial charge in [-0.1, -0.05) is 13.8 Å². The van der Waals surface area contributed by atoms with E-state index in [4.69, 9.17) is 19.2 Å². The molecule has 0 radical (unpaired) electrons. The minimum atomic E-state index is 0.373. The summed E-state index contributed by atoms with van der Waals surface area (Å²) < 4.78 is 18.1. The Balaban J connectivity index is 2.42. The molecule has 0 aromatic carbocycles. The van der Waals surface area contributed by atoms with Gasteiger partial charge >= 0.3 is 0 Å². The summed E-state index contributed by atoms with van der Waals surface area (Å²) in [6, 6.07) is 4.13. The predicted octanol–water partition coefficient (Wildman–Crippen LogP) is 3.51. The van der Waals surface area contributed by atoms with Crippen molar-refractivity contribution in [1.82, 2.24) is 14.5 Å². The molecule has 0 saturated carbocycles. The topological polar surface area (TPSA) is 58.4 Å². The number of hydrogen-bond donors (Lipinski definition) is 0. The summed E-state index contributed by atoms with van der Waals surface area (Å²) in [5, 5.41) is 0. The van der Waals surface area contributed by atoms with Crippen molar-refractivity contribution in [3.8, 4) is 23.0 Å². The van der Waals surface area contributed by atoms with E-state index in [1.54, 1.807) is 21.3 Å². The average molecular weight is 333 g/mol. The molecule has 2 rings (SSSR count). The molecule has 0 saturated heterocycles. The number of aromatic nitrogens is 3. The van der Waals surface area contributed by atoms with E-state index in [0.717, 1.165) is 43.0 Å². The van der Waals surface area contributed by atoms with Gasteiger partial charge in [0.15, 0.2) is 0 Å². The van der Waals surface area contributed by atoms with Crippen LogP contribution in [0.3, 0.4) is 0 Å². The molecule has 0 fully saturated rings. The van der Waals surface area contributed by atoms with Gasteiger partial charge < -0.3 is 18.8 Å². The summed E-state index contributed by atoms with van der Waals surface area (Å²) in [6.45, 7) is 5.05. The number of rotatable bonds is 9. The molecule has 1 unspecified atom stereocenters. The van der Waals surface area contributed by atoms with Gasteiger partial charge in [-0.25, -0.2) is 4.98 Å². The minimum absolute atomic E-state index is 0.373. The monoisotopic (exact) mass is 333 g/mol. The number of imidazole rings is 1. The fourth-order valence-electron chi connectivity index (χ4n) is 2.82. The van der Waals surface area contributed by atoms with Crippen molar-refractivity contribution in [3.63, 3.8) is 0 Å². The number of methoxy groups -OCH3 is 3. The van der Waals surface area contributed by atoms with Crippen LogP contribution in [0.15, 0.2) is 18.3 Å². The van der Waals surface area contributed by atoms with Crippen molar-refractivity contribution in [2.75, 3.05) is 27.9 Å². The van der Waals surface area contributed by atoms with Crippen molar-refractivity contribution < 1.29 is 14.2 Å². The summed E-state index contributed by atoms with van der Waals surface area (Å²) in [4.78, 5) is 9.15. The van der Waals surface area contributed by atoms with Gasteiger partial charge in [-0.05, 0) is 18.9 Å². The fraction of sp³-hybridized carbons (Fsp3) is 0.556. The first-order chi connectivity index (χ1) is 11.7. The summed E-state index contributed by atoms with van der Waals surface area (Å²) in [6.07, 6.45) is 4.96. The van der Waals surface area contributed by atoms with Crippen molar-refractivity contribution in [3.05, 3.63) is 24.2 Å². The molecule has 2 aromatic rings. The highest BCUT2D eigenvalue weighted by molar-refractivity contribution is 5.65. The third kappa shape index (κ3) is 3.87. The van der Waals surface area contributed by atoms with Crippen LogP contribution in [-0.2, 0) is 11.2 Å². The van der Waals surface area contributed by atoms with Crippen LogP contribution in [0.1, 0.15) is 38.6 Å². The van der Waals surface area contributed by atoms with Gasteiger partial charge in [0.1, 0.15) is 5.82 Å². The zero-order valence-corrected chi connectivity index (χ0v) is 15.2. The third-order valence-corrected chi connectivity index (χ3v) is 4.16. The van der Waals surface area contributed by atoms with Crippen molar-refractivity contribution in [2.45, 2.75) is 39.2 Å². The molecule has 0 bridgehead atoms. The third-order valence-electron chi connectivity index (χ3n) is 4.16. The normalized spacial score (nSPS) is 12.2. The Labute approximate surface area is 143 Å².